The Bertz CT molecular complexity index is 370. The van der Waals surface area contributed by atoms with Gasteiger partial charge in [0.1, 0.15) is 0 Å². The van der Waals surface area contributed by atoms with Crippen molar-refractivity contribution in [3.8, 4) is 0 Å². The zero-order valence-electron chi connectivity index (χ0n) is 11.4. The molecule has 1 aromatic carbocycles. The van der Waals surface area contributed by atoms with Crippen LogP contribution in [0, 0.1) is 12.8 Å². The van der Waals surface area contributed by atoms with Gasteiger partial charge in [0.15, 0.2) is 0 Å². The van der Waals surface area contributed by atoms with Gasteiger partial charge in [-0.2, -0.15) is 0 Å². The second kappa shape index (κ2) is 5.57. The van der Waals surface area contributed by atoms with E-state index < -0.39 is 0 Å². The van der Waals surface area contributed by atoms with E-state index in [1.54, 1.807) is 5.56 Å². The van der Waals surface area contributed by atoms with E-state index in [4.69, 9.17) is 0 Å². The first kappa shape index (κ1) is 12.5. The molecule has 2 unspecified atom stereocenters. The summed E-state index contributed by atoms with van der Waals surface area (Å²) < 4.78 is 0. The highest BCUT2D eigenvalue weighted by Crippen LogP contribution is 2.39. The van der Waals surface area contributed by atoms with E-state index in [0.29, 0.717) is 0 Å². The summed E-state index contributed by atoms with van der Waals surface area (Å²) in [6.45, 7) is 8.03. The van der Waals surface area contributed by atoms with Crippen LogP contribution in [0.25, 0.3) is 0 Å². The minimum atomic E-state index is 0.724. The van der Waals surface area contributed by atoms with Crippen LogP contribution in [0.1, 0.15) is 56.6 Å². The fourth-order valence-electron chi connectivity index (χ4n) is 2.99. The maximum atomic E-state index is 3.59. The van der Waals surface area contributed by atoms with Crippen LogP contribution in [0.3, 0.4) is 0 Å². The lowest BCUT2D eigenvalue weighted by Gasteiger charge is -2.19. The van der Waals surface area contributed by atoms with Crippen LogP contribution in [0.2, 0.25) is 0 Å². The Kier molecular flexibility index (Phi) is 4.09. The molecule has 0 spiro atoms. The average molecular weight is 231 g/mol. The maximum absolute atomic E-state index is 3.59. The number of hydrogen-bond donors (Lipinski definition) is 1. The zero-order valence-corrected chi connectivity index (χ0v) is 11.4. The molecule has 0 fully saturated rings. The molecule has 1 heterocycles. The number of benzene rings is 1. The molecule has 1 aromatic rings. The van der Waals surface area contributed by atoms with Crippen LogP contribution >= 0.6 is 0 Å². The van der Waals surface area contributed by atoms with Gasteiger partial charge >= 0.3 is 0 Å². The minimum absolute atomic E-state index is 0.724. The van der Waals surface area contributed by atoms with Crippen molar-refractivity contribution in [2.24, 2.45) is 5.92 Å². The normalized spacial score (nSPS) is 19.8. The van der Waals surface area contributed by atoms with Gasteiger partial charge in [-0.05, 0) is 24.0 Å². The SMILES string of the molecule is CCCCCC(C)C1CNc2c(C)cccc21. The number of fused-ring (bicyclic) bond motifs is 1. The van der Waals surface area contributed by atoms with Crippen molar-refractivity contribution >= 4 is 5.69 Å². The largest absolute Gasteiger partial charge is 0.384 e. The molecule has 0 amide bonds. The first-order chi connectivity index (χ1) is 8.24. The van der Waals surface area contributed by atoms with E-state index >= 15 is 0 Å². The maximum Gasteiger partial charge on any atom is 0.0406 e. The van der Waals surface area contributed by atoms with Crippen molar-refractivity contribution in [3.05, 3.63) is 29.3 Å². The number of unbranched alkanes of at least 4 members (excludes halogenated alkanes) is 2. The third kappa shape index (κ3) is 2.65. The molecule has 1 aliphatic heterocycles. The van der Waals surface area contributed by atoms with E-state index in [9.17, 15) is 0 Å². The molecule has 0 radical (unpaired) electrons. The van der Waals surface area contributed by atoms with E-state index in [-0.39, 0.29) is 0 Å². The first-order valence-electron chi connectivity index (χ1n) is 7.07. The fraction of sp³-hybridized carbons (Fsp3) is 0.625. The summed E-state index contributed by atoms with van der Waals surface area (Å²) >= 11 is 0. The standard InChI is InChI=1S/C16H25N/c1-4-5-6-8-12(2)15-11-17-16-13(3)9-7-10-14(15)16/h7,9-10,12,15,17H,4-6,8,11H2,1-3H3. The van der Waals surface area contributed by atoms with Crippen LogP contribution in [-0.2, 0) is 0 Å². The molecule has 2 atom stereocenters. The minimum Gasteiger partial charge on any atom is -0.384 e. The van der Waals surface area contributed by atoms with Gasteiger partial charge in [-0.25, -0.2) is 0 Å². The van der Waals surface area contributed by atoms with Gasteiger partial charge in [-0.15, -0.1) is 0 Å². The molecule has 0 saturated carbocycles. The first-order valence-corrected chi connectivity index (χ1v) is 7.07. The van der Waals surface area contributed by atoms with Gasteiger partial charge in [0, 0.05) is 18.2 Å². The highest BCUT2D eigenvalue weighted by molar-refractivity contribution is 5.62. The fourth-order valence-corrected chi connectivity index (χ4v) is 2.99. The predicted molar refractivity (Wildman–Crippen MR) is 75.7 cm³/mol. The zero-order chi connectivity index (χ0) is 12.3. The lowest BCUT2D eigenvalue weighted by Crippen LogP contribution is -2.12. The smallest absolute Gasteiger partial charge is 0.0406 e. The van der Waals surface area contributed by atoms with E-state index in [2.05, 4.69) is 44.3 Å². The molecule has 17 heavy (non-hydrogen) atoms. The third-order valence-corrected chi connectivity index (χ3v) is 4.15. The number of anilines is 1. The van der Waals surface area contributed by atoms with Crippen molar-refractivity contribution < 1.29 is 0 Å². The Hall–Kier alpha value is -0.980. The molecule has 2 rings (SSSR count). The summed E-state index contributed by atoms with van der Waals surface area (Å²) in [5, 5.41) is 3.59. The van der Waals surface area contributed by atoms with E-state index in [1.807, 2.05) is 0 Å². The van der Waals surface area contributed by atoms with Gasteiger partial charge in [-0.1, -0.05) is 57.7 Å². The summed E-state index contributed by atoms with van der Waals surface area (Å²) in [5.41, 5.74) is 4.35. The van der Waals surface area contributed by atoms with Crippen molar-refractivity contribution in [2.75, 3.05) is 11.9 Å². The monoisotopic (exact) mass is 231 g/mol. The lowest BCUT2D eigenvalue weighted by molar-refractivity contribution is 0.430. The highest BCUT2D eigenvalue weighted by Gasteiger charge is 2.27. The van der Waals surface area contributed by atoms with Gasteiger partial charge in [0.05, 0.1) is 0 Å². The third-order valence-electron chi connectivity index (χ3n) is 4.15. The molecule has 1 heteroatoms. The van der Waals surface area contributed by atoms with Gasteiger partial charge in [0.25, 0.3) is 0 Å². The molecule has 1 N–H and O–H groups in total. The van der Waals surface area contributed by atoms with Crippen LogP contribution in [0.4, 0.5) is 5.69 Å². The molecule has 0 bridgehead atoms. The predicted octanol–water partition coefficient (Wildman–Crippen LogP) is 4.72. The Balaban J connectivity index is 2.03. The van der Waals surface area contributed by atoms with Crippen LogP contribution < -0.4 is 5.32 Å². The van der Waals surface area contributed by atoms with Crippen LogP contribution in [0.5, 0.6) is 0 Å². The Morgan fingerprint density at radius 3 is 2.94 bits per heavy atom. The molecular formula is C16H25N. The number of hydrogen-bond acceptors (Lipinski definition) is 1. The van der Waals surface area contributed by atoms with Gasteiger partial charge in [-0.3, -0.25) is 0 Å². The quantitative estimate of drug-likeness (QED) is 0.723. The number of rotatable bonds is 5. The number of aryl methyl sites for hydroxylation is 1. The average Bonchev–Trinajstić information content (AvgIpc) is 2.74. The molecule has 0 aromatic heterocycles. The van der Waals surface area contributed by atoms with Crippen LogP contribution in [-0.4, -0.2) is 6.54 Å². The van der Waals surface area contributed by atoms with E-state index in [0.717, 1.165) is 18.4 Å². The summed E-state index contributed by atoms with van der Waals surface area (Å²) in [6, 6.07) is 6.71. The second-order valence-electron chi connectivity index (χ2n) is 5.50. The van der Waals surface area contributed by atoms with E-state index in [1.165, 1.54) is 36.9 Å². The van der Waals surface area contributed by atoms with Crippen molar-refractivity contribution in [2.45, 2.75) is 52.4 Å². The molecule has 1 aliphatic rings. The van der Waals surface area contributed by atoms with Gasteiger partial charge < -0.3 is 5.32 Å². The Morgan fingerprint density at radius 2 is 2.18 bits per heavy atom. The Morgan fingerprint density at radius 1 is 1.35 bits per heavy atom. The molecule has 0 saturated heterocycles. The molecular weight excluding hydrogens is 206 g/mol. The molecule has 94 valence electrons. The van der Waals surface area contributed by atoms with Crippen molar-refractivity contribution in [1.82, 2.24) is 0 Å². The van der Waals surface area contributed by atoms with Crippen molar-refractivity contribution in [1.29, 1.82) is 0 Å². The topological polar surface area (TPSA) is 12.0 Å². The molecule has 0 aliphatic carbocycles. The highest BCUT2D eigenvalue weighted by atomic mass is 14.9. The Labute approximate surface area is 106 Å². The molecule has 1 nitrogen and oxygen atoms in total. The number of nitrogens with one attached hydrogen (secondary N) is 1. The van der Waals surface area contributed by atoms with Crippen molar-refractivity contribution in [3.63, 3.8) is 0 Å². The summed E-state index contributed by atoms with van der Waals surface area (Å²) in [7, 11) is 0. The van der Waals surface area contributed by atoms with Crippen LogP contribution in [0.15, 0.2) is 18.2 Å². The number of para-hydroxylation sites is 1. The summed E-state index contributed by atoms with van der Waals surface area (Å²) in [6.07, 6.45) is 5.46. The van der Waals surface area contributed by atoms with Gasteiger partial charge in [0.2, 0.25) is 0 Å². The second-order valence-corrected chi connectivity index (χ2v) is 5.50. The lowest BCUT2D eigenvalue weighted by atomic mass is 9.85. The summed E-state index contributed by atoms with van der Waals surface area (Å²) in [4.78, 5) is 0. The summed E-state index contributed by atoms with van der Waals surface area (Å²) in [5.74, 6) is 1.53.